The van der Waals surface area contributed by atoms with Crippen LogP contribution in [0.5, 0.6) is 0 Å². The molecule has 0 saturated heterocycles. The van der Waals surface area contributed by atoms with E-state index in [1.807, 2.05) is 13.8 Å². The van der Waals surface area contributed by atoms with Crippen LogP contribution in [0.25, 0.3) is 0 Å². The van der Waals surface area contributed by atoms with E-state index in [0.29, 0.717) is 5.84 Å². The Labute approximate surface area is 72.9 Å². The lowest BCUT2D eigenvalue weighted by Gasteiger charge is -2.02. The van der Waals surface area contributed by atoms with Crippen molar-refractivity contribution in [3.63, 3.8) is 0 Å². The van der Waals surface area contributed by atoms with Crippen molar-refractivity contribution in [1.29, 1.82) is 0 Å². The number of amidine groups is 1. The largest absolute Gasteiger partial charge is 0.387 e. The highest BCUT2D eigenvalue weighted by molar-refractivity contribution is 7.89. The van der Waals surface area contributed by atoms with Gasteiger partial charge >= 0.3 is 0 Å². The Kier molecular flexibility index (Phi) is 4.19. The van der Waals surface area contributed by atoms with Crippen molar-refractivity contribution in [1.82, 2.24) is 0 Å². The molecule has 72 valence electrons. The molecule has 0 aromatic rings. The molecule has 12 heavy (non-hydrogen) atoms. The van der Waals surface area contributed by atoms with Crippen LogP contribution in [0.1, 0.15) is 13.8 Å². The van der Waals surface area contributed by atoms with E-state index < -0.39 is 10.0 Å². The number of sulfonamides is 1. The van der Waals surface area contributed by atoms with E-state index in [-0.39, 0.29) is 18.2 Å². The minimum Gasteiger partial charge on any atom is -0.387 e. The summed E-state index contributed by atoms with van der Waals surface area (Å²) in [7, 11) is -3.41. The molecule has 0 aliphatic carbocycles. The van der Waals surface area contributed by atoms with Crippen molar-refractivity contribution in [3.05, 3.63) is 0 Å². The van der Waals surface area contributed by atoms with Crippen molar-refractivity contribution in [2.45, 2.75) is 13.8 Å². The number of rotatable bonds is 4. The maximum Gasteiger partial charge on any atom is 0.210 e. The van der Waals surface area contributed by atoms with E-state index in [1.54, 1.807) is 0 Å². The molecule has 6 heteroatoms. The van der Waals surface area contributed by atoms with Crippen LogP contribution >= 0.6 is 0 Å². The van der Waals surface area contributed by atoms with E-state index in [1.165, 1.54) is 0 Å². The second kappa shape index (κ2) is 4.42. The van der Waals surface area contributed by atoms with Gasteiger partial charge in [-0.15, -0.1) is 0 Å². The van der Waals surface area contributed by atoms with Crippen LogP contribution in [0, 0.1) is 5.92 Å². The quantitative estimate of drug-likeness (QED) is 0.455. The first kappa shape index (κ1) is 11.4. The van der Waals surface area contributed by atoms with Gasteiger partial charge in [0, 0.05) is 5.92 Å². The van der Waals surface area contributed by atoms with Crippen molar-refractivity contribution in [2.24, 2.45) is 21.8 Å². The summed E-state index contributed by atoms with van der Waals surface area (Å²) < 4.78 is 20.9. The van der Waals surface area contributed by atoms with Crippen molar-refractivity contribution < 1.29 is 8.42 Å². The third-order valence-electron chi connectivity index (χ3n) is 1.26. The SMILES string of the molecule is CC(C)C(N)=NCCS(N)(=O)=O. The summed E-state index contributed by atoms with van der Waals surface area (Å²) in [5.74, 6) is 0.449. The Morgan fingerprint density at radius 1 is 1.50 bits per heavy atom. The lowest BCUT2D eigenvalue weighted by molar-refractivity contribution is 0.597. The van der Waals surface area contributed by atoms with Crippen LogP contribution in [0.3, 0.4) is 0 Å². The minimum absolute atomic E-state index is 0.142. The van der Waals surface area contributed by atoms with Crippen LogP contribution in [-0.4, -0.2) is 26.6 Å². The summed E-state index contributed by atoms with van der Waals surface area (Å²) in [5.41, 5.74) is 5.46. The summed E-state index contributed by atoms with van der Waals surface area (Å²) in [6, 6.07) is 0. The summed E-state index contributed by atoms with van der Waals surface area (Å²) in [5, 5.41) is 4.76. The second-order valence-electron chi connectivity index (χ2n) is 2.83. The molecule has 0 spiro atoms. The van der Waals surface area contributed by atoms with Crippen LogP contribution in [0.2, 0.25) is 0 Å². The third-order valence-corrected chi connectivity index (χ3v) is 2.01. The van der Waals surface area contributed by atoms with Gasteiger partial charge in [0.2, 0.25) is 10.0 Å². The van der Waals surface area contributed by atoms with Gasteiger partial charge in [0.05, 0.1) is 18.1 Å². The average Bonchev–Trinajstić information content (AvgIpc) is 1.84. The lowest BCUT2D eigenvalue weighted by atomic mass is 10.2. The molecule has 0 fully saturated rings. The number of hydrogen-bond acceptors (Lipinski definition) is 3. The van der Waals surface area contributed by atoms with Crippen LogP contribution in [0.4, 0.5) is 0 Å². The highest BCUT2D eigenvalue weighted by Crippen LogP contribution is 1.91. The Bertz CT molecular complexity index is 256. The van der Waals surface area contributed by atoms with Crippen LogP contribution in [-0.2, 0) is 10.0 Å². The maximum atomic E-state index is 10.5. The zero-order chi connectivity index (χ0) is 9.78. The molecule has 5 nitrogen and oxygen atoms in total. The number of primary sulfonamides is 1. The number of hydrogen-bond donors (Lipinski definition) is 2. The average molecular weight is 193 g/mol. The molecular formula is C6H15N3O2S. The monoisotopic (exact) mass is 193 g/mol. The van der Waals surface area contributed by atoms with Crippen molar-refractivity contribution >= 4 is 15.9 Å². The normalized spacial score (nSPS) is 13.8. The first-order chi connectivity index (χ1) is 5.33. The van der Waals surface area contributed by atoms with E-state index in [9.17, 15) is 8.42 Å². The zero-order valence-electron chi connectivity index (χ0n) is 7.32. The highest BCUT2D eigenvalue weighted by atomic mass is 32.2. The molecule has 0 aliphatic rings. The van der Waals surface area contributed by atoms with Gasteiger partial charge in [0.15, 0.2) is 0 Å². The molecule has 0 aliphatic heterocycles. The van der Waals surface area contributed by atoms with Gasteiger partial charge in [-0.05, 0) is 0 Å². The first-order valence-corrected chi connectivity index (χ1v) is 5.35. The fourth-order valence-corrected chi connectivity index (χ4v) is 0.830. The summed E-state index contributed by atoms with van der Waals surface area (Å²) in [4.78, 5) is 3.84. The first-order valence-electron chi connectivity index (χ1n) is 3.63. The number of aliphatic imine (C=N–C) groups is 1. The third kappa shape index (κ3) is 6.11. The molecule has 0 bridgehead atoms. The topological polar surface area (TPSA) is 98.5 Å². The summed E-state index contributed by atoms with van der Waals surface area (Å²) in [6.07, 6.45) is 0. The Hall–Kier alpha value is -0.620. The second-order valence-corrected chi connectivity index (χ2v) is 4.56. The molecule has 0 unspecified atom stereocenters. The Morgan fingerprint density at radius 2 is 2.00 bits per heavy atom. The van der Waals surface area contributed by atoms with Gasteiger partial charge in [-0.1, -0.05) is 13.8 Å². The van der Waals surface area contributed by atoms with Gasteiger partial charge in [0.25, 0.3) is 0 Å². The number of nitrogens with zero attached hydrogens (tertiary/aromatic N) is 1. The van der Waals surface area contributed by atoms with E-state index in [2.05, 4.69) is 4.99 Å². The molecule has 0 atom stereocenters. The van der Waals surface area contributed by atoms with Gasteiger partial charge in [-0.3, -0.25) is 4.99 Å². The lowest BCUT2D eigenvalue weighted by Crippen LogP contribution is -2.22. The smallest absolute Gasteiger partial charge is 0.210 e. The maximum absolute atomic E-state index is 10.5. The molecule has 0 heterocycles. The van der Waals surface area contributed by atoms with Gasteiger partial charge in [-0.25, -0.2) is 13.6 Å². The Balaban J connectivity index is 3.92. The minimum atomic E-state index is -3.41. The van der Waals surface area contributed by atoms with Crippen molar-refractivity contribution in [2.75, 3.05) is 12.3 Å². The molecule has 0 aromatic heterocycles. The van der Waals surface area contributed by atoms with Crippen molar-refractivity contribution in [3.8, 4) is 0 Å². The van der Waals surface area contributed by atoms with Gasteiger partial charge in [0.1, 0.15) is 0 Å². The fourth-order valence-electron chi connectivity index (χ4n) is 0.485. The molecule has 0 amide bonds. The molecule has 0 rings (SSSR count). The predicted molar refractivity (Wildman–Crippen MR) is 49.3 cm³/mol. The highest BCUT2D eigenvalue weighted by Gasteiger charge is 2.02. The zero-order valence-corrected chi connectivity index (χ0v) is 8.13. The molecule has 0 radical (unpaired) electrons. The van der Waals surface area contributed by atoms with Gasteiger partial charge in [-0.2, -0.15) is 0 Å². The van der Waals surface area contributed by atoms with E-state index in [4.69, 9.17) is 10.9 Å². The Morgan fingerprint density at radius 3 is 2.33 bits per heavy atom. The standard InChI is InChI=1S/C6H15N3O2S/c1-5(2)6(7)9-3-4-12(8,10)11/h5H,3-4H2,1-2H3,(H2,7,9)(H2,8,10,11). The van der Waals surface area contributed by atoms with Crippen LogP contribution < -0.4 is 10.9 Å². The van der Waals surface area contributed by atoms with Gasteiger partial charge < -0.3 is 5.73 Å². The van der Waals surface area contributed by atoms with Crippen LogP contribution in [0.15, 0.2) is 4.99 Å². The summed E-state index contributed by atoms with van der Waals surface area (Å²) in [6.45, 7) is 3.91. The summed E-state index contributed by atoms with van der Waals surface area (Å²) >= 11 is 0. The number of nitrogens with two attached hydrogens (primary N) is 2. The molecule has 4 N–H and O–H groups in total. The molecule has 0 saturated carbocycles. The fraction of sp³-hybridized carbons (Fsp3) is 0.833. The van der Waals surface area contributed by atoms with E-state index >= 15 is 0 Å². The van der Waals surface area contributed by atoms with E-state index in [0.717, 1.165) is 0 Å². The molecular weight excluding hydrogens is 178 g/mol. The molecule has 0 aromatic carbocycles. The predicted octanol–water partition coefficient (Wildman–Crippen LogP) is -0.712.